The summed E-state index contributed by atoms with van der Waals surface area (Å²) < 4.78 is 18.1. The molecule has 0 spiro atoms. The molecular formula is C31H27ClN2O3. The number of hydrogen-bond acceptors (Lipinski definition) is 5. The zero-order valence-electron chi connectivity index (χ0n) is 20.5. The van der Waals surface area contributed by atoms with Gasteiger partial charge in [-0.2, -0.15) is 5.10 Å². The van der Waals surface area contributed by atoms with Crippen molar-refractivity contribution in [3.05, 3.63) is 124 Å². The van der Waals surface area contributed by atoms with Crippen LogP contribution in [0.4, 0.5) is 0 Å². The van der Waals surface area contributed by atoms with Crippen molar-refractivity contribution in [1.29, 1.82) is 0 Å². The number of hydrazone groups is 1. The van der Waals surface area contributed by atoms with Crippen LogP contribution < -0.4 is 14.2 Å². The van der Waals surface area contributed by atoms with Gasteiger partial charge in [-0.25, -0.2) is 5.01 Å². The van der Waals surface area contributed by atoms with Crippen LogP contribution in [-0.2, 0) is 6.61 Å². The number of hydrogen-bond donors (Lipinski definition) is 0. The van der Waals surface area contributed by atoms with Crippen molar-refractivity contribution < 1.29 is 14.2 Å². The van der Waals surface area contributed by atoms with Crippen molar-refractivity contribution in [1.82, 2.24) is 5.01 Å². The molecule has 5 nitrogen and oxygen atoms in total. The molecule has 0 aromatic heterocycles. The van der Waals surface area contributed by atoms with Crippen LogP contribution in [0.2, 0.25) is 5.02 Å². The molecule has 0 saturated carbocycles. The SMILES string of the molecule is CCOc1ccc(C2=NN3[C@@H](c4ccc(OCc5ccccc5)cc4)Oc4ccc(Cl)cc4[C@@H]3C2)cc1. The Bertz CT molecular complexity index is 1410. The third-order valence-electron chi connectivity index (χ3n) is 6.66. The molecule has 0 unspecified atom stereocenters. The molecule has 4 aromatic carbocycles. The van der Waals surface area contributed by atoms with E-state index in [0.717, 1.165) is 51.6 Å². The van der Waals surface area contributed by atoms with Crippen LogP contribution in [-0.4, -0.2) is 17.3 Å². The fourth-order valence-electron chi connectivity index (χ4n) is 4.83. The minimum atomic E-state index is -0.359. The molecule has 0 saturated heterocycles. The van der Waals surface area contributed by atoms with Gasteiger partial charge in [0.1, 0.15) is 23.9 Å². The van der Waals surface area contributed by atoms with Gasteiger partial charge in [-0.15, -0.1) is 0 Å². The molecule has 4 aromatic rings. The lowest BCUT2D eigenvalue weighted by molar-refractivity contribution is -0.0190. The standard InChI is InChI=1S/C31H27ClN2O3/c1-2-35-25-13-8-22(9-14-25)28-19-29-27-18-24(32)12-17-30(27)37-31(34(29)33-28)23-10-15-26(16-11-23)36-20-21-6-4-3-5-7-21/h3-18,29,31H,2,19-20H2,1H3/t29-,31+/m0/s1. The zero-order chi connectivity index (χ0) is 25.2. The first-order valence-electron chi connectivity index (χ1n) is 12.5. The van der Waals surface area contributed by atoms with Crippen LogP contribution in [0.3, 0.4) is 0 Å². The van der Waals surface area contributed by atoms with Crippen molar-refractivity contribution in [2.24, 2.45) is 5.10 Å². The van der Waals surface area contributed by atoms with Gasteiger partial charge in [0.15, 0.2) is 0 Å². The zero-order valence-corrected chi connectivity index (χ0v) is 21.3. The van der Waals surface area contributed by atoms with E-state index in [-0.39, 0.29) is 12.3 Å². The summed E-state index contributed by atoms with van der Waals surface area (Å²) in [6, 6.07) is 32.2. The van der Waals surface area contributed by atoms with Crippen LogP contribution in [0.5, 0.6) is 17.2 Å². The van der Waals surface area contributed by atoms with Gasteiger partial charge in [0.2, 0.25) is 6.23 Å². The Morgan fingerprint density at radius 3 is 2.38 bits per heavy atom. The van der Waals surface area contributed by atoms with Gasteiger partial charge in [-0.05, 0) is 84.8 Å². The van der Waals surface area contributed by atoms with Crippen molar-refractivity contribution in [2.75, 3.05) is 6.61 Å². The predicted octanol–water partition coefficient (Wildman–Crippen LogP) is 7.56. The van der Waals surface area contributed by atoms with Gasteiger partial charge in [0.25, 0.3) is 0 Å². The second-order valence-electron chi connectivity index (χ2n) is 9.10. The number of nitrogens with zero attached hydrogens (tertiary/aromatic N) is 2. The summed E-state index contributed by atoms with van der Waals surface area (Å²) in [5, 5.41) is 7.80. The molecule has 2 aliphatic heterocycles. The van der Waals surface area contributed by atoms with Gasteiger partial charge in [-0.1, -0.05) is 41.9 Å². The van der Waals surface area contributed by atoms with E-state index >= 15 is 0 Å². The van der Waals surface area contributed by atoms with Crippen molar-refractivity contribution in [3.8, 4) is 17.2 Å². The van der Waals surface area contributed by atoms with E-state index < -0.39 is 0 Å². The molecule has 6 heteroatoms. The highest BCUT2D eigenvalue weighted by Gasteiger charge is 2.41. The van der Waals surface area contributed by atoms with Crippen molar-refractivity contribution >= 4 is 17.3 Å². The Kier molecular flexibility index (Phi) is 6.46. The molecule has 0 bridgehead atoms. The van der Waals surface area contributed by atoms with E-state index in [1.807, 2.05) is 79.7 Å². The maximum absolute atomic E-state index is 6.49. The average Bonchev–Trinajstić information content (AvgIpc) is 3.39. The molecule has 6 rings (SSSR count). The number of ether oxygens (including phenoxy) is 3. The second-order valence-corrected chi connectivity index (χ2v) is 9.54. The predicted molar refractivity (Wildman–Crippen MR) is 145 cm³/mol. The molecule has 2 atom stereocenters. The summed E-state index contributed by atoms with van der Waals surface area (Å²) in [4.78, 5) is 0. The quantitative estimate of drug-likeness (QED) is 0.257. The van der Waals surface area contributed by atoms with Gasteiger partial charge in [0.05, 0.1) is 18.4 Å². The maximum Gasteiger partial charge on any atom is 0.213 e. The summed E-state index contributed by atoms with van der Waals surface area (Å²) >= 11 is 6.37. The fraction of sp³-hybridized carbons (Fsp3) is 0.194. The van der Waals surface area contributed by atoms with E-state index in [4.69, 9.17) is 30.9 Å². The van der Waals surface area contributed by atoms with E-state index in [2.05, 4.69) is 29.3 Å². The molecule has 0 aliphatic carbocycles. The largest absolute Gasteiger partial charge is 0.494 e. The van der Waals surface area contributed by atoms with Crippen molar-refractivity contribution in [2.45, 2.75) is 32.2 Å². The smallest absolute Gasteiger partial charge is 0.213 e. The van der Waals surface area contributed by atoms with E-state index in [1.54, 1.807) is 0 Å². The molecule has 186 valence electrons. The first-order valence-corrected chi connectivity index (χ1v) is 12.9. The van der Waals surface area contributed by atoms with Crippen LogP contribution >= 0.6 is 11.6 Å². The van der Waals surface area contributed by atoms with Crippen LogP contribution in [0.1, 0.15) is 47.9 Å². The molecule has 0 fully saturated rings. The number of fused-ring (bicyclic) bond motifs is 3. The first kappa shape index (κ1) is 23.4. The number of benzene rings is 4. The molecule has 2 heterocycles. The highest BCUT2D eigenvalue weighted by molar-refractivity contribution is 6.30. The average molecular weight is 511 g/mol. The minimum Gasteiger partial charge on any atom is -0.494 e. The van der Waals surface area contributed by atoms with E-state index in [1.165, 1.54) is 0 Å². The van der Waals surface area contributed by atoms with E-state index in [9.17, 15) is 0 Å². The number of rotatable bonds is 7. The molecule has 2 aliphatic rings. The summed E-state index contributed by atoms with van der Waals surface area (Å²) in [7, 11) is 0. The van der Waals surface area contributed by atoms with Gasteiger partial charge >= 0.3 is 0 Å². The topological polar surface area (TPSA) is 43.3 Å². The van der Waals surface area contributed by atoms with E-state index in [0.29, 0.717) is 18.2 Å². The van der Waals surface area contributed by atoms with Gasteiger partial charge < -0.3 is 14.2 Å². The monoisotopic (exact) mass is 510 g/mol. The van der Waals surface area contributed by atoms with Gasteiger partial charge in [0, 0.05) is 22.6 Å². The van der Waals surface area contributed by atoms with Crippen LogP contribution in [0.25, 0.3) is 0 Å². The van der Waals surface area contributed by atoms with Crippen molar-refractivity contribution in [3.63, 3.8) is 0 Å². The number of halogens is 1. The Hall–Kier alpha value is -3.96. The highest BCUT2D eigenvalue weighted by atomic mass is 35.5. The normalized spacial score (nSPS) is 17.9. The maximum atomic E-state index is 6.49. The highest BCUT2D eigenvalue weighted by Crippen LogP contribution is 2.48. The molecule has 0 radical (unpaired) electrons. The third kappa shape index (κ3) is 4.87. The molecule has 0 N–H and O–H groups in total. The lowest BCUT2D eigenvalue weighted by Gasteiger charge is -2.38. The summed E-state index contributed by atoms with van der Waals surface area (Å²) in [5.74, 6) is 2.51. The molecule has 37 heavy (non-hydrogen) atoms. The Morgan fingerprint density at radius 1 is 0.892 bits per heavy atom. The lowest BCUT2D eigenvalue weighted by Crippen LogP contribution is -2.33. The summed E-state index contributed by atoms with van der Waals surface area (Å²) in [5.41, 5.74) is 5.28. The second kappa shape index (κ2) is 10.2. The Morgan fingerprint density at radius 2 is 1.62 bits per heavy atom. The summed E-state index contributed by atoms with van der Waals surface area (Å²) in [6.07, 6.45) is 0.404. The van der Waals surface area contributed by atoms with Crippen LogP contribution in [0, 0.1) is 0 Å². The molecule has 0 amide bonds. The first-order chi connectivity index (χ1) is 18.2. The Labute approximate surface area is 221 Å². The Balaban J connectivity index is 1.28. The minimum absolute atomic E-state index is 0.0306. The molecular weight excluding hydrogens is 484 g/mol. The fourth-order valence-corrected chi connectivity index (χ4v) is 5.01. The van der Waals surface area contributed by atoms with Crippen LogP contribution in [0.15, 0.2) is 102 Å². The van der Waals surface area contributed by atoms with Gasteiger partial charge in [-0.3, -0.25) is 0 Å². The summed E-state index contributed by atoms with van der Waals surface area (Å²) in [6.45, 7) is 3.15. The lowest BCUT2D eigenvalue weighted by atomic mass is 9.96. The third-order valence-corrected chi connectivity index (χ3v) is 6.90.